The number of carbonyl (C=O) groups is 1. The molecule has 0 bridgehead atoms. The fourth-order valence-electron chi connectivity index (χ4n) is 2.10. The maximum atomic E-state index is 12.1. The Hall–Kier alpha value is -2.00. The highest BCUT2D eigenvalue weighted by molar-refractivity contribution is 6.33. The zero-order valence-corrected chi connectivity index (χ0v) is 10.9. The van der Waals surface area contributed by atoms with Crippen LogP contribution in [0.1, 0.15) is 5.56 Å². The van der Waals surface area contributed by atoms with Crippen molar-refractivity contribution >= 4 is 23.2 Å². The lowest BCUT2D eigenvalue weighted by Gasteiger charge is -2.12. The van der Waals surface area contributed by atoms with Crippen LogP contribution < -0.4 is 10.1 Å². The normalized spacial score (nSPS) is 16.6. The molecule has 0 spiro atoms. The molecule has 0 saturated carbocycles. The Bertz CT molecular complexity index is 602. The second-order valence-electron chi connectivity index (χ2n) is 4.39. The zero-order chi connectivity index (χ0) is 13.2. The Kier molecular flexibility index (Phi) is 3.13. The summed E-state index contributed by atoms with van der Waals surface area (Å²) in [4.78, 5) is 12.1. The number of rotatable bonds is 2. The van der Waals surface area contributed by atoms with E-state index in [2.05, 4.69) is 5.32 Å². The first kappa shape index (κ1) is 12.1. The summed E-state index contributed by atoms with van der Waals surface area (Å²) in [6.07, 6.45) is 0.0978. The standard InChI is InChI=1S/C15H12ClNO2/c16-11-6-2-3-7-12(11)17-15(18)14-9-10-5-1-4-8-13(10)19-14/h1-8,14H,9H2,(H,17,18). The number of amides is 1. The van der Waals surface area contributed by atoms with Gasteiger partial charge in [-0.25, -0.2) is 0 Å². The van der Waals surface area contributed by atoms with Gasteiger partial charge in [0.1, 0.15) is 5.75 Å². The number of hydrogen-bond donors (Lipinski definition) is 1. The summed E-state index contributed by atoms with van der Waals surface area (Å²) in [7, 11) is 0. The maximum Gasteiger partial charge on any atom is 0.265 e. The number of carbonyl (C=O) groups excluding carboxylic acids is 1. The van der Waals surface area contributed by atoms with E-state index in [1.807, 2.05) is 36.4 Å². The molecule has 1 aliphatic heterocycles. The van der Waals surface area contributed by atoms with Gasteiger partial charge in [0.25, 0.3) is 5.91 Å². The third-order valence-electron chi connectivity index (χ3n) is 3.07. The second kappa shape index (κ2) is 4.94. The van der Waals surface area contributed by atoms with Crippen molar-refractivity contribution in [2.24, 2.45) is 0 Å². The van der Waals surface area contributed by atoms with Crippen LogP contribution in [0.2, 0.25) is 5.02 Å². The van der Waals surface area contributed by atoms with Gasteiger partial charge in [-0.3, -0.25) is 4.79 Å². The SMILES string of the molecule is O=C(Nc1ccccc1Cl)C1Cc2ccccc2O1. The highest BCUT2D eigenvalue weighted by atomic mass is 35.5. The zero-order valence-electron chi connectivity index (χ0n) is 10.1. The van der Waals surface area contributed by atoms with Crippen LogP contribution in [0.15, 0.2) is 48.5 Å². The summed E-state index contributed by atoms with van der Waals surface area (Å²) in [5, 5.41) is 3.31. The summed E-state index contributed by atoms with van der Waals surface area (Å²) in [5.41, 5.74) is 1.66. The van der Waals surface area contributed by atoms with E-state index in [-0.39, 0.29) is 5.91 Å². The highest BCUT2D eigenvalue weighted by Gasteiger charge is 2.28. The molecule has 0 saturated heterocycles. The minimum absolute atomic E-state index is 0.177. The van der Waals surface area contributed by atoms with Gasteiger partial charge < -0.3 is 10.1 Å². The molecule has 0 fully saturated rings. The molecule has 2 aromatic rings. The predicted octanol–water partition coefficient (Wildman–Crippen LogP) is 3.28. The molecule has 3 rings (SSSR count). The largest absolute Gasteiger partial charge is 0.480 e. The quantitative estimate of drug-likeness (QED) is 0.912. The molecule has 0 aliphatic carbocycles. The fraction of sp³-hybridized carbons (Fsp3) is 0.133. The molecular weight excluding hydrogens is 262 g/mol. The van der Waals surface area contributed by atoms with Crippen LogP contribution in [0.3, 0.4) is 0 Å². The van der Waals surface area contributed by atoms with Crippen molar-refractivity contribution in [2.45, 2.75) is 12.5 Å². The number of fused-ring (bicyclic) bond motifs is 1. The minimum atomic E-state index is -0.492. The molecule has 3 nitrogen and oxygen atoms in total. The molecule has 4 heteroatoms. The van der Waals surface area contributed by atoms with Crippen molar-refractivity contribution in [3.63, 3.8) is 0 Å². The third-order valence-corrected chi connectivity index (χ3v) is 3.40. The minimum Gasteiger partial charge on any atom is -0.480 e. The van der Waals surface area contributed by atoms with Gasteiger partial charge in [0.05, 0.1) is 10.7 Å². The number of ether oxygens (including phenoxy) is 1. The number of anilines is 1. The Morgan fingerprint density at radius 1 is 1.16 bits per heavy atom. The van der Waals surface area contributed by atoms with Crippen LogP contribution in [0, 0.1) is 0 Å². The van der Waals surface area contributed by atoms with E-state index in [1.165, 1.54) is 0 Å². The molecule has 1 N–H and O–H groups in total. The van der Waals surface area contributed by atoms with Crippen LogP contribution >= 0.6 is 11.6 Å². The van der Waals surface area contributed by atoms with Crippen molar-refractivity contribution in [2.75, 3.05) is 5.32 Å². The molecule has 1 aliphatic rings. The maximum absolute atomic E-state index is 12.1. The first-order chi connectivity index (χ1) is 9.24. The number of hydrogen-bond acceptors (Lipinski definition) is 2. The molecule has 19 heavy (non-hydrogen) atoms. The Labute approximate surface area is 116 Å². The highest BCUT2D eigenvalue weighted by Crippen LogP contribution is 2.29. The van der Waals surface area contributed by atoms with Crippen molar-refractivity contribution in [3.05, 3.63) is 59.1 Å². The smallest absolute Gasteiger partial charge is 0.265 e. The molecule has 2 aromatic carbocycles. The summed E-state index contributed by atoms with van der Waals surface area (Å²) < 4.78 is 5.63. The first-order valence-corrected chi connectivity index (χ1v) is 6.42. The average Bonchev–Trinajstić information content (AvgIpc) is 2.85. The molecular formula is C15H12ClNO2. The van der Waals surface area contributed by atoms with E-state index in [4.69, 9.17) is 16.3 Å². The van der Waals surface area contributed by atoms with E-state index in [0.29, 0.717) is 17.1 Å². The van der Waals surface area contributed by atoms with Crippen LogP contribution in [-0.2, 0) is 11.2 Å². The van der Waals surface area contributed by atoms with Crippen molar-refractivity contribution in [1.82, 2.24) is 0 Å². The van der Waals surface area contributed by atoms with Gasteiger partial charge in [0.2, 0.25) is 0 Å². The number of halogens is 1. The van der Waals surface area contributed by atoms with Crippen LogP contribution in [0.25, 0.3) is 0 Å². The van der Waals surface area contributed by atoms with Crippen LogP contribution in [0.4, 0.5) is 5.69 Å². The summed E-state index contributed by atoms with van der Waals surface area (Å²) >= 11 is 6.01. The Balaban J connectivity index is 1.72. The van der Waals surface area contributed by atoms with Crippen molar-refractivity contribution in [3.8, 4) is 5.75 Å². The number of para-hydroxylation sites is 2. The van der Waals surface area contributed by atoms with Gasteiger partial charge in [0.15, 0.2) is 6.10 Å². The van der Waals surface area contributed by atoms with Gasteiger partial charge in [-0.2, -0.15) is 0 Å². The van der Waals surface area contributed by atoms with Gasteiger partial charge >= 0.3 is 0 Å². The predicted molar refractivity (Wildman–Crippen MR) is 74.6 cm³/mol. The second-order valence-corrected chi connectivity index (χ2v) is 4.79. The Morgan fingerprint density at radius 3 is 2.68 bits per heavy atom. The molecule has 0 radical (unpaired) electrons. The third kappa shape index (κ3) is 2.42. The lowest BCUT2D eigenvalue weighted by Crippen LogP contribution is -2.31. The Morgan fingerprint density at radius 2 is 1.89 bits per heavy atom. The number of nitrogens with one attached hydrogen (secondary N) is 1. The lowest BCUT2D eigenvalue weighted by molar-refractivity contribution is -0.122. The van der Waals surface area contributed by atoms with E-state index in [1.54, 1.807) is 12.1 Å². The molecule has 96 valence electrons. The monoisotopic (exact) mass is 273 g/mol. The molecule has 0 aromatic heterocycles. The molecule has 1 unspecified atom stereocenters. The van der Waals surface area contributed by atoms with Gasteiger partial charge in [-0.1, -0.05) is 41.9 Å². The van der Waals surface area contributed by atoms with Gasteiger partial charge in [-0.05, 0) is 23.8 Å². The summed E-state index contributed by atoms with van der Waals surface area (Å²) in [6.45, 7) is 0. The number of benzene rings is 2. The average molecular weight is 274 g/mol. The van der Waals surface area contributed by atoms with E-state index in [0.717, 1.165) is 11.3 Å². The topological polar surface area (TPSA) is 38.3 Å². The fourth-order valence-corrected chi connectivity index (χ4v) is 2.29. The van der Waals surface area contributed by atoms with E-state index < -0.39 is 6.10 Å². The summed E-state index contributed by atoms with van der Waals surface area (Å²) in [6, 6.07) is 14.8. The van der Waals surface area contributed by atoms with Crippen molar-refractivity contribution < 1.29 is 9.53 Å². The van der Waals surface area contributed by atoms with E-state index >= 15 is 0 Å². The van der Waals surface area contributed by atoms with Crippen LogP contribution in [-0.4, -0.2) is 12.0 Å². The summed E-state index contributed by atoms with van der Waals surface area (Å²) in [5.74, 6) is 0.603. The molecule has 1 amide bonds. The van der Waals surface area contributed by atoms with Gasteiger partial charge in [-0.15, -0.1) is 0 Å². The van der Waals surface area contributed by atoms with Crippen molar-refractivity contribution in [1.29, 1.82) is 0 Å². The van der Waals surface area contributed by atoms with E-state index in [9.17, 15) is 4.79 Å². The lowest BCUT2D eigenvalue weighted by atomic mass is 10.1. The molecule has 1 heterocycles. The first-order valence-electron chi connectivity index (χ1n) is 6.04. The van der Waals surface area contributed by atoms with Crippen LogP contribution in [0.5, 0.6) is 5.75 Å². The molecule has 1 atom stereocenters. The van der Waals surface area contributed by atoms with Gasteiger partial charge in [0, 0.05) is 6.42 Å².